The molecule has 6 rings (SSSR count). The number of rotatable bonds is 3. The zero-order chi connectivity index (χ0) is 21.9. The smallest absolute Gasteiger partial charge is 0.241 e. The van der Waals surface area contributed by atoms with Crippen LogP contribution >= 0.6 is 0 Å². The van der Waals surface area contributed by atoms with Crippen LogP contribution in [0.5, 0.6) is 0 Å². The van der Waals surface area contributed by atoms with Crippen molar-refractivity contribution >= 4 is 33.7 Å². The molecule has 3 nitrogen and oxygen atoms in total. The first kappa shape index (κ1) is 19.5. The van der Waals surface area contributed by atoms with Crippen molar-refractivity contribution in [3.8, 4) is 0 Å². The van der Waals surface area contributed by atoms with Crippen LogP contribution in [0.1, 0.15) is 39.2 Å². The van der Waals surface area contributed by atoms with Gasteiger partial charge in [0, 0.05) is 23.2 Å². The number of benzene rings is 3. The summed E-state index contributed by atoms with van der Waals surface area (Å²) in [4.78, 5) is 7.15. The van der Waals surface area contributed by atoms with Gasteiger partial charge < -0.3 is 0 Å². The highest BCUT2D eigenvalue weighted by Crippen LogP contribution is 2.53. The summed E-state index contributed by atoms with van der Waals surface area (Å²) in [6, 6.07) is 26.7. The Morgan fingerprint density at radius 1 is 0.906 bits per heavy atom. The maximum absolute atomic E-state index is 4.72. The molecule has 1 fully saturated rings. The predicted molar refractivity (Wildman–Crippen MR) is 133 cm³/mol. The van der Waals surface area contributed by atoms with Crippen LogP contribution in [-0.2, 0) is 6.54 Å². The minimum absolute atomic E-state index is 0.0982. The molecule has 3 heteroatoms. The number of pyridine rings is 1. The zero-order valence-corrected chi connectivity index (χ0v) is 19.1. The topological polar surface area (TPSA) is 19.1 Å². The molecular formula is C29H30N3+. The Balaban J connectivity index is 1.56. The van der Waals surface area contributed by atoms with E-state index >= 15 is 0 Å². The highest BCUT2D eigenvalue weighted by molar-refractivity contribution is 6.02. The number of anilines is 1. The fraction of sp³-hybridized carbons (Fsp3) is 0.310. The van der Waals surface area contributed by atoms with E-state index in [2.05, 4.69) is 103 Å². The van der Waals surface area contributed by atoms with E-state index in [-0.39, 0.29) is 11.0 Å². The summed E-state index contributed by atoms with van der Waals surface area (Å²) in [5, 5.41) is 5.33. The normalized spacial score (nSPS) is 24.2. The standard InChI is InChI=1S/C29H30N3/c1-28(2)26-15-16-29(28,3)31(20-32(26)27-14-8-9-17-30-27)19-25-23-12-6-4-10-21(23)18-22-11-5-7-13-24(22)25/h4-14,17-18,20,26H,15-16,19H2,1-3H3/q+1/t26-,29+/m0/s1. The first-order chi connectivity index (χ1) is 15.5. The van der Waals surface area contributed by atoms with Gasteiger partial charge in [-0.1, -0.05) is 68.4 Å². The van der Waals surface area contributed by atoms with Gasteiger partial charge in [0.15, 0.2) is 0 Å². The van der Waals surface area contributed by atoms with Gasteiger partial charge >= 0.3 is 0 Å². The van der Waals surface area contributed by atoms with Gasteiger partial charge in [-0.25, -0.2) is 9.88 Å². The Hall–Kier alpha value is -3.20. The van der Waals surface area contributed by atoms with E-state index in [1.807, 2.05) is 12.3 Å². The fourth-order valence-electron chi connectivity index (χ4n) is 6.21. The van der Waals surface area contributed by atoms with Gasteiger partial charge in [-0.3, -0.25) is 4.58 Å². The summed E-state index contributed by atoms with van der Waals surface area (Å²) in [5.74, 6) is 1.04. The third-order valence-corrected chi connectivity index (χ3v) is 8.48. The average Bonchev–Trinajstić information content (AvgIpc) is 2.95. The van der Waals surface area contributed by atoms with Crippen molar-refractivity contribution in [3.63, 3.8) is 0 Å². The number of hydrogen-bond acceptors (Lipinski definition) is 2. The van der Waals surface area contributed by atoms with Gasteiger partial charge in [-0.05, 0) is 53.4 Å². The van der Waals surface area contributed by atoms with E-state index in [1.165, 1.54) is 39.9 Å². The van der Waals surface area contributed by atoms with E-state index in [0.717, 1.165) is 12.4 Å². The largest absolute Gasteiger partial charge is 0.258 e. The van der Waals surface area contributed by atoms with Crippen LogP contribution < -0.4 is 4.90 Å². The lowest BCUT2D eigenvalue weighted by molar-refractivity contribution is -0.634. The lowest BCUT2D eigenvalue weighted by Crippen LogP contribution is -2.61. The van der Waals surface area contributed by atoms with Crippen molar-refractivity contribution in [1.29, 1.82) is 0 Å². The number of nitrogens with zero attached hydrogens (tertiary/aromatic N) is 3. The third kappa shape index (κ3) is 2.67. The van der Waals surface area contributed by atoms with Crippen LogP contribution in [-0.4, -0.2) is 27.5 Å². The Morgan fingerprint density at radius 2 is 1.56 bits per heavy atom. The highest BCUT2D eigenvalue weighted by Gasteiger charge is 2.63. The molecule has 4 aromatic rings. The summed E-state index contributed by atoms with van der Waals surface area (Å²) in [6.07, 6.45) is 6.64. The summed E-state index contributed by atoms with van der Waals surface area (Å²) >= 11 is 0. The van der Waals surface area contributed by atoms with Gasteiger partial charge in [-0.15, -0.1) is 0 Å². The van der Waals surface area contributed by atoms with Crippen molar-refractivity contribution in [2.24, 2.45) is 5.41 Å². The molecule has 1 aliphatic carbocycles. The molecule has 0 unspecified atom stereocenters. The monoisotopic (exact) mass is 420 g/mol. The third-order valence-electron chi connectivity index (χ3n) is 8.48. The van der Waals surface area contributed by atoms with Gasteiger partial charge in [0.05, 0.1) is 0 Å². The van der Waals surface area contributed by atoms with Crippen molar-refractivity contribution in [3.05, 3.63) is 84.6 Å². The molecule has 1 aromatic heterocycles. The van der Waals surface area contributed by atoms with Crippen molar-refractivity contribution in [1.82, 2.24) is 4.98 Å². The molecular weight excluding hydrogens is 390 g/mol. The zero-order valence-electron chi connectivity index (χ0n) is 19.1. The summed E-state index contributed by atoms with van der Waals surface area (Å²) in [6.45, 7) is 8.24. The van der Waals surface area contributed by atoms with Crippen LogP contribution in [0.2, 0.25) is 0 Å². The molecule has 0 N–H and O–H groups in total. The maximum Gasteiger partial charge on any atom is 0.241 e. The fourth-order valence-corrected chi connectivity index (χ4v) is 6.21. The molecule has 3 aromatic carbocycles. The molecule has 1 aliphatic heterocycles. The molecule has 1 saturated carbocycles. The second-order valence-electron chi connectivity index (χ2n) is 10.2. The second kappa shape index (κ2) is 6.90. The van der Waals surface area contributed by atoms with Gasteiger partial charge in [-0.2, -0.15) is 0 Å². The van der Waals surface area contributed by atoms with Crippen LogP contribution in [0, 0.1) is 5.41 Å². The van der Waals surface area contributed by atoms with Crippen molar-refractivity contribution in [2.75, 3.05) is 4.90 Å². The Morgan fingerprint density at radius 3 is 2.22 bits per heavy atom. The molecule has 160 valence electrons. The van der Waals surface area contributed by atoms with Crippen LogP contribution in [0.25, 0.3) is 21.5 Å². The molecule has 0 spiro atoms. The summed E-state index contributed by atoms with van der Waals surface area (Å²) in [5.41, 5.74) is 1.65. The Labute approximate surface area is 190 Å². The Bertz CT molecular complexity index is 1300. The van der Waals surface area contributed by atoms with Gasteiger partial charge in [0.2, 0.25) is 12.2 Å². The van der Waals surface area contributed by atoms with Crippen LogP contribution in [0.4, 0.5) is 5.82 Å². The van der Waals surface area contributed by atoms with Crippen molar-refractivity contribution in [2.45, 2.75) is 51.7 Å². The highest BCUT2D eigenvalue weighted by atomic mass is 15.3. The van der Waals surface area contributed by atoms with Crippen LogP contribution in [0.3, 0.4) is 0 Å². The minimum atomic E-state index is 0.0982. The lowest BCUT2D eigenvalue weighted by Gasteiger charge is -2.45. The summed E-state index contributed by atoms with van der Waals surface area (Å²) in [7, 11) is 0. The van der Waals surface area contributed by atoms with E-state index in [9.17, 15) is 0 Å². The quantitative estimate of drug-likeness (QED) is 0.282. The molecule has 2 atom stereocenters. The van der Waals surface area contributed by atoms with E-state index < -0.39 is 0 Å². The number of aromatic nitrogens is 1. The molecule has 0 saturated heterocycles. The lowest BCUT2D eigenvalue weighted by atomic mass is 9.72. The molecule has 0 amide bonds. The van der Waals surface area contributed by atoms with Crippen molar-refractivity contribution < 1.29 is 4.58 Å². The number of hydrogen-bond donors (Lipinski definition) is 0. The van der Waals surface area contributed by atoms with Gasteiger partial charge in [0.25, 0.3) is 0 Å². The average molecular weight is 421 g/mol. The first-order valence-electron chi connectivity index (χ1n) is 11.7. The Kier molecular flexibility index (Phi) is 4.20. The molecule has 2 heterocycles. The molecule has 32 heavy (non-hydrogen) atoms. The predicted octanol–water partition coefficient (Wildman–Crippen LogP) is 6.40. The van der Waals surface area contributed by atoms with E-state index in [4.69, 9.17) is 4.98 Å². The number of fused-ring (bicyclic) bond motifs is 4. The molecule has 2 aliphatic rings. The summed E-state index contributed by atoms with van der Waals surface area (Å²) < 4.78 is 2.61. The van der Waals surface area contributed by atoms with Gasteiger partial charge in [0.1, 0.15) is 18.1 Å². The van der Waals surface area contributed by atoms with E-state index in [1.54, 1.807) is 0 Å². The first-order valence-corrected chi connectivity index (χ1v) is 11.7. The van der Waals surface area contributed by atoms with E-state index in [0.29, 0.717) is 6.04 Å². The minimum Gasteiger partial charge on any atom is -0.258 e. The van der Waals surface area contributed by atoms with Crippen LogP contribution in [0.15, 0.2) is 79.0 Å². The molecule has 2 bridgehead atoms. The second-order valence-corrected chi connectivity index (χ2v) is 10.2. The maximum atomic E-state index is 4.72. The SMILES string of the molecule is CC1(C)[C@@H]2CC[C@@]1(C)[N+](Cc1c3ccccc3cc3ccccc13)=CN2c1ccccn1. The molecule has 0 radical (unpaired) electrons.